The van der Waals surface area contributed by atoms with E-state index in [0.29, 0.717) is 29.7 Å². The molecule has 0 unspecified atom stereocenters. The summed E-state index contributed by atoms with van der Waals surface area (Å²) in [4.78, 5) is 40.8. The van der Waals surface area contributed by atoms with Crippen molar-refractivity contribution in [3.05, 3.63) is 71.9 Å². The van der Waals surface area contributed by atoms with Gasteiger partial charge in [0.25, 0.3) is 11.8 Å². The van der Waals surface area contributed by atoms with Gasteiger partial charge in [-0.25, -0.2) is 0 Å². The van der Waals surface area contributed by atoms with Crippen LogP contribution in [0.4, 0.5) is 5.69 Å². The van der Waals surface area contributed by atoms with Crippen LogP contribution in [0, 0.1) is 0 Å². The highest BCUT2D eigenvalue weighted by molar-refractivity contribution is 7.80. The molecule has 162 valence electrons. The second-order valence-electron chi connectivity index (χ2n) is 7.40. The summed E-state index contributed by atoms with van der Waals surface area (Å²) < 4.78 is 1.59. The lowest BCUT2D eigenvalue weighted by Gasteiger charge is -2.36. The SMILES string of the molecule is CCCN1C(=O)/C(=C/c2cn(CC(=O)O)c3ccccc23)C(=O)N(c2ccccc2)C1=S. The minimum absolute atomic E-state index is 0.0193. The number of carbonyl (C=O) groups excluding carboxylic acids is 2. The summed E-state index contributed by atoms with van der Waals surface area (Å²) in [7, 11) is 0. The van der Waals surface area contributed by atoms with E-state index in [1.54, 1.807) is 41.1 Å². The Morgan fingerprint density at radius 3 is 2.41 bits per heavy atom. The summed E-state index contributed by atoms with van der Waals surface area (Å²) in [6.45, 7) is 2.09. The van der Waals surface area contributed by atoms with Gasteiger partial charge in [0, 0.05) is 29.2 Å². The van der Waals surface area contributed by atoms with Gasteiger partial charge >= 0.3 is 5.97 Å². The zero-order valence-corrected chi connectivity index (χ0v) is 18.2. The van der Waals surface area contributed by atoms with E-state index in [9.17, 15) is 19.5 Å². The summed E-state index contributed by atoms with van der Waals surface area (Å²) in [5, 5.41) is 10.2. The van der Waals surface area contributed by atoms with Crippen molar-refractivity contribution < 1.29 is 19.5 Å². The van der Waals surface area contributed by atoms with Crippen LogP contribution in [0.2, 0.25) is 0 Å². The normalized spacial score (nSPS) is 15.8. The Labute approximate surface area is 190 Å². The molecule has 1 aliphatic rings. The van der Waals surface area contributed by atoms with Gasteiger partial charge in [-0.1, -0.05) is 43.3 Å². The molecule has 0 spiro atoms. The third-order valence-electron chi connectivity index (χ3n) is 5.22. The first-order valence-corrected chi connectivity index (χ1v) is 10.6. The van der Waals surface area contributed by atoms with Crippen LogP contribution in [0.25, 0.3) is 17.0 Å². The van der Waals surface area contributed by atoms with Crippen molar-refractivity contribution in [2.45, 2.75) is 19.9 Å². The molecule has 1 aromatic heterocycles. The minimum Gasteiger partial charge on any atom is -0.480 e. The third-order valence-corrected chi connectivity index (χ3v) is 5.62. The standard InChI is InChI=1S/C24H21N3O4S/c1-2-12-26-22(30)19(23(31)27(24(26)32)17-8-4-3-5-9-17)13-16-14-25(15-21(28)29)20-11-7-6-10-18(16)20/h3-11,13-14H,2,12,15H2,1H3,(H,28,29)/b19-13-. The van der Waals surface area contributed by atoms with E-state index in [4.69, 9.17) is 12.2 Å². The summed E-state index contributed by atoms with van der Waals surface area (Å²) in [6, 6.07) is 16.2. The molecule has 1 N–H and O–H groups in total. The monoisotopic (exact) mass is 447 g/mol. The molecular weight excluding hydrogens is 426 g/mol. The maximum absolute atomic E-state index is 13.4. The average Bonchev–Trinajstić information content (AvgIpc) is 3.12. The van der Waals surface area contributed by atoms with E-state index in [1.165, 1.54) is 15.9 Å². The van der Waals surface area contributed by atoms with Gasteiger partial charge in [-0.15, -0.1) is 0 Å². The highest BCUT2D eigenvalue weighted by atomic mass is 32.1. The number of amides is 2. The number of para-hydroxylation sites is 2. The maximum atomic E-state index is 13.4. The topological polar surface area (TPSA) is 82.9 Å². The lowest BCUT2D eigenvalue weighted by molar-refractivity contribution is -0.137. The number of carboxylic acids is 1. The number of benzene rings is 2. The third kappa shape index (κ3) is 3.80. The number of rotatable bonds is 6. The van der Waals surface area contributed by atoms with Crippen LogP contribution in [0.15, 0.2) is 66.4 Å². The van der Waals surface area contributed by atoms with Gasteiger partial charge in [0.15, 0.2) is 5.11 Å². The fraction of sp³-hybridized carbons (Fsp3) is 0.167. The molecule has 0 radical (unpaired) electrons. The predicted octanol–water partition coefficient (Wildman–Crippen LogP) is 3.68. The van der Waals surface area contributed by atoms with E-state index >= 15 is 0 Å². The fourth-order valence-corrected chi connectivity index (χ4v) is 4.19. The van der Waals surface area contributed by atoms with Crippen LogP contribution < -0.4 is 4.90 Å². The minimum atomic E-state index is -0.982. The molecule has 0 aliphatic carbocycles. The van der Waals surface area contributed by atoms with Crippen LogP contribution in [0.1, 0.15) is 18.9 Å². The summed E-state index contributed by atoms with van der Waals surface area (Å²) in [6.07, 6.45) is 3.86. The molecular formula is C24H21N3O4S. The molecule has 32 heavy (non-hydrogen) atoms. The van der Waals surface area contributed by atoms with Crippen LogP contribution in [0.5, 0.6) is 0 Å². The van der Waals surface area contributed by atoms with Gasteiger partial charge in [-0.2, -0.15) is 0 Å². The summed E-state index contributed by atoms with van der Waals surface area (Å²) in [5.41, 5.74) is 1.86. The van der Waals surface area contributed by atoms with Crippen molar-refractivity contribution >= 4 is 57.8 Å². The van der Waals surface area contributed by atoms with Crippen molar-refractivity contribution in [3.63, 3.8) is 0 Å². The first-order valence-electron chi connectivity index (χ1n) is 10.2. The Balaban J connectivity index is 1.86. The number of thiocarbonyl (C=S) groups is 1. The molecule has 0 saturated carbocycles. The van der Waals surface area contributed by atoms with Crippen LogP contribution in [0.3, 0.4) is 0 Å². The molecule has 1 aliphatic heterocycles. The smallest absolute Gasteiger partial charge is 0.323 e. The molecule has 2 aromatic carbocycles. The summed E-state index contributed by atoms with van der Waals surface area (Å²) >= 11 is 5.51. The van der Waals surface area contributed by atoms with Gasteiger partial charge < -0.3 is 9.67 Å². The number of anilines is 1. The number of carboxylic acid groups (broad SMARTS) is 1. The lowest BCUT2D eigenvalue weighted by atomic mass is 10.0. The molecule has 2 amide bonds. The number of aromatic nitrogens is 1. The van der Waals surface area contributed by atoms with Gasteiger partial charge in [0.1, 0.15) is 12.1 Å². The lowest BCUT2D eigenvalue weighted by Crippen LogP contribution is -2.56. The number of nitrogens with zero attached hydrogens (tertiary/aromatic N) is 3. The number of aliphatic carboxylic acids is 1. The van der Waals surface area contributed by atoms with Crippen molar-refractivity contribution in [3.8, 4) is 0 Å². The molecule has 7 nitrogen and oxygen atoms in total. The highest BCUT2D eigenvalue weighted by Crippen LogP contribution is 2.29. The van der Waals surface area contributed by atoms with Crippen LogP contribution in [-0.2, 0) is 20.9 Å². The predicted molar refractivity (Wildman–Crippen MR) is 126 cm³/mol. The molecule has 2 heterocycles. The zero-order valence-electron chi connectivity index (χ0n) is 17.4. The first kappa shape index (κ1) is 21.5. The molecule has 1 saturated heterocycles. The largest absolute Gasteiger partial charge is 0.480 e. The van der Waals surface area contributed by atoms with Gasteiger partial charge in [-0.05, 0) is 42.9 Å². The van der Waals surface area contributed by atoms with Crippen molar-refractivity contribution in [1.29, 1.82) is 0 Å². The molecule has 4 rings (SSSR count). The van der Waals surface area contributed by atoms with Crippen molar-refractivity contribution in [2.24, 2.45) is 0 Å². The Bertz CT molecular complexity index is 1260. The average molecular weight is 448 g/mol. The zero-order chi connectivity index (χ0) is 22.8. The molecule has 8 heteroatoms. The van der Waals surface area contributed by atoms with E-state index in [-0.39, 0.29) is 17.2 Å². The van der Waals surface area contributed by atoms with Crippen LogP contribution in [-0.4, -0.2) is 44.0 Å². The van der Waals surface area contributed by atoms with Crippen molar-refractivity contribution in [1.82, 2.24) is 9.47 Å². The number of hydrogen-bond acceptors (Lipinski definition) is 4. The Kier molecular flexibility index (Phi) is 5.87. The van der Waals surface area contributed by atoms with Gasteiger partial charge in [0.2, 0.25) is 0 Å². The first-order chi connectivity index (χ1) is 15.4. The molecule has 3 aromatic rings. The molecule has 0 atom stereocenters. The summed E-state index contributed by atoms with van der Waals surface area (Å²) in [5.74, 6) is -1.94. The number of fused-ring (bicyclic) bond motifs is 1. The second kappa shape index (κ2) is 8.76. The Morgan fingerprint density at radius 1 is 1.03 bits per heavy atom. The number of carbonyl (C=O) groups is 3. The van der Waals surface area contributed by atoms with E-state index in [0.717, 1.165) is 5.39 Å². The maximum Gasteiger partial charge on any atom is 0.323 e. The quantitative estimate of drug-likeness (QED) is 0.354. The Morgan fingerprint density at radius 2 is 1.72 bits per heavy atom. The van der Waals surface area contributed by atoms with E-state index in [2.05, 4.69) is 0 Å². The fourth-order valence-electron chi connectivity index (χ4n) is 3.82. The van der Waals surface area contributed by atoms with E-state index in [1.807, 2.05) is 31.2 Å². The van der Waals surface area contributed by atoms with Gasteiger partial charge in [-0.3, -0.25) is 24.2 Å². The number of hydrogen-bond donors (Lipinski definition) is 1. The van der Waals surface area contributed by atoms with E-state index < -0.39 is 17.8 Å². The van der Waals surface area contributed by atoms with Crippen molar-refractivity contribution in [2.75, 3.05) is 11.4 Å². The molecule has 1 fully saturated rings. The van der Waals surface area contributed by atoms with Gasteiger partial charge in [0.05, 0.1) is 5.69 Å². The molecule has 0 bridgehead atoms. The highest BCUT2D eigenvalue weighted by Gasteiger charge is 2.40. The van der Waals surface area contributed by atoms with Crippen LogP contribution >= 0.6 is 12.2 Å². The Hall–Kier alpha value is -3.78. The second-order valence-corrected chi connectivity index (χ2v) is 7.76.